The van der Waals surface area contributed by atoms with Gasteiger partial charge in [0.25, 0.3) is 0 Å². The second-order valence-corrected chi connectivity index (χ2v) is 5.64. The van der Waals surface area contributed by atoms with E-state index in [4.69, 9.17) is 0 Å². The third kappa shape index (κ3) is 2.88. The summed E-state index contributed by atoms with van der Waals surface area (Å²) in [5.41, 5.74) is 0.793. The van der Waals surface area contributed by atoms with Crippen LogP contribution in [0.3, 0.4) is 0 Å². The van der Waals surface area contributed by atoms with Crippen molar-refractivity contribution in [1.82, 2.24) is 20.2 Å². The molecule has 0 radical (unpaired) electrons. The molecule has 2 N–H and O–H groups in total. The molecule has 17 heavy (non-hydrogen) atoms. The maximum absolute atomic E-state index is 4.53. The third-order valence-electron chi connectivity index (χ3n) is 2.16. The van der Waals surface area contributed by atoms with Gasteiger partial charge < -0.3 is 5.32 Å². The van der Waals surface area contributed by atoms with E-state index in [1.54, 1.807) is 18.0 Å². The minimum Gasteiger partial charge on any atom is -0.354 e. The van der Waals surface area contributed by atoms with Crippen LogP contribution in [-0.2, 0) is 0 Å². The maximum atomic E-state index is 4.53. The molecule has 0 aliphatic rings. The first kappa shape index (κ1) is 12.2. The van der Waals surface area contributed by atoms with Crippen LogP contribution in [0.25, 0.3) is 11.0 Å². The molecular formula is C11H17N5S. The number of H-pyrrole nitrogens is 1. The van der Waals surface area contributed by atoms with Crippen LogP contribution < -0.4 is 5.32 Å². The number of nitrogens with zero attached hydrogens (tertiary/aromatic N) is 3. The number of aromatic amines is 1. The zero-order chi connectivity index (χ0) is 12.3. The predicted molar refractivity (Wildman–Crippen MR) is 71.5 cm³/mol. The molecule has 6 heteroatoms. The van der Waals surface area contributed by atoms with E-state index in [2.05, 4.69) is 46.3 Å². The molecule has 0 saturated carbocycles. The highest BCUT2D eigenvalue weighted by Gasteiger charge is 2.11. The topological polar surface area (TPSA) is 66.5 Å². The van der Waals surface area contributed by atoms with E-state index in [0.717, 1.165) is 29.0 Å². The zero-order valence-corrected chi connectivity index (χ0v) is 11.1. The second-order valence-electron chi connectivity index (χ2n) is 4.08. The van der Waals surface area contributed by atoms with Crippen LogP contribution in [0.1, 0.15) is 27.2 Å². The van der Waals surface area contributed by atoms with Gasteiger partial charge in [0.05, 0.1) is 11.6 Å². The molecule has 0 unspecified atom stereocenters. The van der Waals surface area contributed by atoms with Crippen molar-refractivity contribution in [2.75, 3.05) is 11.9 Å². The summed E-state index contributed by atoms with van der Waals surface area (Å²) in [5.74, 6) is 0.673. The molecule has 0 bridgehead atoms. The fourth-order valence-corrected chi connectivity index (χ4v) is 2.30. The monoisotopic (exact) mass is 251 g/mol. The first-order chi connectivity index (χ1) is 8.20. The molecule has 0 aromatic carbocycles. The Bertz CT molecular complexity index is 494. The quantitative estimate of drug-likeness (QED) is 0.631. The number of nitrogens with one attached hydrogen (secondary N) is 2. The van der Waals surface area contributed by atoms with Gasteiger partial charge in [-0.1, -0.05) is 20.8 Å². The van der Waals surface area contributed by atoms with E-state index in [1.807, 2.05) is 0 Å². The smallest absolute Gasteiger partial charge is 0.225 e. The fourth-order valence-electron chi connectivity index (χ4n) is 1.44. The molecule has 2 heterocycles. The number of thioether (sulfide) groups is 1. The molecular weight excluding hydrogens is 234 g/mol. The summed E-state index contributed by atoms with van der Waals surface area (Å²) in [6, 6.07) is 0. The summed E-state index contributed by atoms with van der Waals surface area (Å²) in [5, 5.41) is 12.6. The van der Waals surface area contributed by atoms with Crippen molar-refractivity contribution in [1.29, 1.82) is 0 Å². The Morgan fingerprint density at radius 2 is 2.24 bits per heavy atom. The molecule has 2 rings (SSSR count). The van der Waals surface area contributed by atoms with E-state index < -0.39 is 0 Å². The standard InChI is InChI=1S/C11H17N5S/c1-4-5-12-11-14-9-8(6-13-16-9)10(15-11)17-7(2)3/h6-7H,4-5H2,1-3H3,(H2,12,13,14,15,16). The Labute approximate surface area is 105 Å². The summed E-state index contributed by atoms with van der Waals surface area (Å²) in [6.07, 6.45) is 2.83. The lowest BCUT2D eigenvalue weighted by molar-refractivity contribution is 0.942. The van der Waals surface area contributed by atoms with Crippen LogP contribution in [0.2, 0.25) is 0 Å². The Kier molecular flexibility index (Phi) is 3.83. The molecule has 0 saturated heterocycles. The van der Waals surface area contributed by atoms with E-state index >= 15 is 0 Å². The predicted octanol–water partition coefficient (Wildman–Crippen LogP) is 2.68. The number of hydrogen-bond acceptors (Lipinski definition) is 5. The third-order valence-corrected chi connectivity index (χ3v) is 3.16. The molecule has 0 atom stereocenters. The first-order valence-electron chi connectivity index (χ1n) is 5.82. The number of rotatable bonds is 5. The highest BCUT2D eigenvalue weighted by molar-refractivity contribution is 8.00. The van der Waals surface area contributed by atoms with Crippen LogP contribution in [0.5, 0.6) is 0 Å². The van der Waals surface area contributed by atoms with Crippen LogP contribution >= 0.6 is 11.8 Å². The summed E-state index contributed by atoms with van der Waals surface area (Å²) < 4.78 is 0. The maximum Gasteiger partial charge on any atom is 0.225 e. The molecule has 92 valence electrons. The van der Waals surface area contributed by atoms with Crippen molar-refractivity contribution in [2.45, 2.75) is 37.5 Å². The van der Waals surface area contributed by atoms with Crippen molar-refractivity contribution >= 4 is 28.7 Å². The molecule has 0 aliphatic heterocycles. The fraction of sp³-hybridized carbons (Fsp3) is 0.545. The van der Waals surface area contributed by atoms with E-state index in [-0.39, 0.29) is 0 Å². The Morgan fingerprint density at radius 1 is 1.41 bits per heavy atom. The number of aromatic nitrogens is 4. The second kappa shape index (κ2) is 5.35. The number of fused-ring (bicyclic) bond motifs is 1. The summed E-state index contributed by atoms with van der Waals surface area (Å²) >= 11 is 1.73. The van der Waals surface area contributed by atoms with Crippen LogP contribution in [0.4, 0.5) is 5.95 Å². The Morgan fingerprint density at radius 3 is 2.94 bits per heavy atom. The van der Waals surface area contributed by atoms with Gasteiger partial charge in [-0.05, 0) is 6.42 Å². The minimum atomic E-state index is 0.488. The van der Waals surface area contributed by atoms with Gasteiger partial charge in [0.2, 0.25) is 5.95 Å². The Hall–Kier alpha value is -1.30. The van der Waals surface area contributed by atoms with Crippen LogP contribution in [0, 0.1) is 0 Å². The van der Waals surface area contributed by atoms with E-state index in [9.17, 15) is 0 Å². The van der Waals surface area contributed by atoms with Gasteiger partial charge in [-0.3, -0.25) is 5.10 Å². The lowest BCUT2D eigenvalue weighted by Gasteiger charge is -2.08. The molecule has 0 spiro atoms. The van der Waals surface area contributed by atoms with Gasteiger partial charge in [0.15, 0.2) is 5.65 Å². The van der Waals surface area contributed by atoms with Gasteiger partial charge in [-0.2, -0.15) is 10.1 Å². The summed E-state index contributed by atoms with van der Waals surface area (Å²) in [6.45, 7) is 7.30. The molecule has 0 amide bonds. The van der Waals surface area contributed by atoms with Gasteiger partial charge >= 0.3 is 0 Å². The molecule has 2 aromatic rings. The molecule has 2 aromatic heterocycles. The summed E-state index contributed by atoms with van der Waals surface area (Å²) in [7, 11) is 0. The first-order valence-corrected chi connectivity index (χ1v) is 6.70. The average molecular weight is 251 g/mol. The minimum absolute atomic E-state index is 0.488. The van der Waals surface area contributed by atoms with Gasteiger partial charge in [-0.15, -0.1) is 11.8 Å². The van der Waals surface area contributed by atoms with Crippen molar-refractivity contribution < 1.29 is 0 Å². The van der Waals surface area contributed by atoms with Gasteiger partial charge in [0, 0.05) is 11.8 Å². The van der Waals surface area contributed by atoms with Crippen LogP contribution in [-0.4, -0.2) is 32.0 Å². The van der Waals surface area contributed by atoms with E-state index in [0.29, 0.717) is 11.2 Å². The molecule has 5 nitrogen and oxygen atoms in total. The van der Waals surface area contributed by atoms with Gasteiger partial charge in [-0.25, -0.2) is 4.98 Å². The summed E-state index contributed by atoms with van der Waals surface area (Å²) in [4.78, 5) is 8.92. The number of hydrogen-bond donors (Lipinski definition) is 2. The Balaban J connectivity index is 2.36. The lowest BCUT2D eigenvalue weighted by atomic mass is 10.4. The van der Waals surface area contributed by atoms with Crippen molar-refractivity contribution in [2.24, 2.45) is 0 Å². The molecule has 0 fully saturated rings. The van der Waals surface area contributed by atoms with Crippen LogP contribution in [0.15, 0.2) is 11.2 Å². The average Bonchev–Trinajstić information content (AvgIpc) is 2.73. The number of anilines is 1. The van der Waals surface area contributed by atoms with Gasteiger partial charge in [0.1, 0.15) is 5.03 Å². The normalized spacial score (nSPS) is 11.3. The lowest BCUT2D eigenvalue weighted by Crippen LogP contribution is -2.05. The highest BCUT2D eigenvalue weighted by Crippen LogP contribution is 2.28. The van der Waals surface area contributed by atoms with Crippen molar-refractivity contribution in [3.63, 3.8) is 0 Å². The van der Waals surface area contributed by atoms with Crippen molar-refractivity contribution in [3.05, 3.63) is 6.20 Å². The largest absolute Gasteiger partial charge is 0.354 e. The van der Waals surface area contributed by atoms with Crippen molar-refractivity contribution in [3.8, 4) is 0 Å². The SMILES string of the molecule is CCCNc1nc(SC(C)C)c2cn[nH]c2n1. The van der Waals surface area contributed by atoms with E-state index in [1.165, 1.54) is 0 Å². The highest BCUT2D eigenvalue weighted by atomic mass is 32.2. The zero-order valence-electron chi connectivity index (χ0n) is 10.3. The molecule has 0 aliphatic carbocycles.